The largest absolute Gasteiger partial charge is 0.497 e. The molecule has 9 heteroatoms. The first-order chi connectivity index (χ1) is 14.9. The predicted molar refractivity (Wildman–Crippen MR) is 124 cm³/mol. The Hall–Kier alpha value is -3.30. The van der Waals surface area contributed by atoms with Crippen molar-refractivity contribution in [2.75, 3.05) is 39.2 Å². The fourth-order valence-corrected chi connectivity index (χ4v) is 4.01. The minimum absolute atomic E-state index is 0.0161. The second kappa shape index (κ2) is 10.1. The van der Waals surface area contributed by atoms with E-state index in [0.29, 0.717) is 17.2 Å². The first kappa shape index (κ1) is 22.4. The van der Waals surface area contributed by atoms with E-state index in [1.165, 1.54) is 29.5 Å². The quantitative estimate of drug-likeness (QED) is 0.281. The molecular formula is C22H24N4O4S. The third kappa shape index (κ3) is 5.87. The number of carbonyl (C=O) groups excluding carboxylic acids is 1. The molecule has 0 N–H and O–H groups in total. The Labute approximate surface area is 184 Å². The van der Waals surface area contributed by atoms with Crippen LogP contribution in [0.5, 0.6) is 5.75 Å². The molecule has 0 atom stereocenters. The number of thiazole rings is 1. The standard InChI is InChI=1S/C22H24N4O4S/c1-24(2)12-5-13-25(22-23-19-10-9-18(30-3)15-20(19)31-22)21(27)11-8-16-6-4-7-17(14-16)26(28)29/h4,6-11,14-15H,5,12-13H2,1-3H3/b11-8+. The zero-order valence-electron chi connectivity index (χ0n) is 17.6. The maximum absolute atomic E-state index is 13.0. The van der Waals surface area contributed by atoms with E-state index in [1.54, 1.807) is 30.2 Å². The highest BCUT2D eigenvalue weighted by molar-refractivity contribution is 7.22. The fraction of sp³-hybridized carbons (Fsp3) is 0.273. The summed E-state index contributed by atoms with van der Waals surface area (Å²) in [4.78, 5) is 31.9. The number of ether oxygens (including phenoxy) is 1. The predicted octanol–water partition coefficient (Wildman–Crippen LogP) is 4.21. The number of anilines is 1. The molecule has 0 saturated heterocycles. The van der Waals surface area contributed by atoms with E-state index in [2.05, 4.69) is 9.88 Å². The molecule has 8 nitrogen and oxygen atoms in total. The van der Waals surface area contributed by atoms with E-state index in [9.17, 15) is 14.9 Å². The SMILES string of the molecule is COc1ccc2nc(N(CCCN(C)C)C(=O)/C=C/c3cccc([N+](=O)[O-])c3)sc2c1. The van der Waals surface area contributed by atoms with E-state index in [-0.39, 0.29) is 11.6 Å². The second-order valence-corrected chi connectivity index (χ2v) is 8.17. The molecule has 0 aliphatic carbocycles. The van der Waals surface area contributed by atoms with Crippen molar-refractivity contribution in [1.82, 2.24) is 9.88 Å². The monoisotopic (exact) mass is 440 g/mol. The Morgan fingerprint density at radius 2 is 2.03 bits per heavy atom. The normalized spacial score (nSPS) is 11.4. The Bertz CT molecular complexity index is 1110. The number of amides is 1. The molecule has 0 aliphatic rings. The van der Waals surface area contributed by atoms with Gasteiger partial charge in [0.1, 0.15) is 5.75 Å². The van der Waals surface area contributed by atoms with Gasteiger partial charge < -0.3 is 9.64 Å². The molecule has 162 valence electrons. The zero-order valence-corrected chi connectivity index (χ0v) is 18.5. The molecule has 0 spiro atoms. The fourth-order valence-electron chi connectivity index (χ4n) is 2.98. The molecule has 0 bridgehead atoms. The lowest BCUT2D eigenvalue weighted by Gasteiger charge is -2.19. The number of nitrogens with zero attached hydrogens (tertiary/aromatic N) is 4. The van der Waals surface area contributed by atoms with Crippen LogP contribution in [0.3, 0.4) is 0 Å². The summed E-state index contributed by atoms with van der Waals surface area (Å²) < 4.78 is 6.21. The highest BCUT2D eigenvalue weighted by atomic mass is 32.1. The molecule has 3 rings (SSSR count). The van der Waals surface area contributed by atoms with Crippen molar-refractivity contribution in [3.63, 3.8) is 0 Å². The summed E-state index contributed by atoms with van der Waals surface area (Å²) in [5.41, 5.74) is 1.37. The van der Waals surface area contributed by atoms with Gasteiger partial charge in [0.2, 0.25) is 0 Å². The van der Waals surface area contributed by atoms with Crippen LogP contribution in [-0.4, -0.2) is 55.0 Å². The summed E-state index contributed by atoms with van der Waals surface area (Å²) in [7, 11) is 5.58. The summed E-state index contributed by atoms with van der Waals surface area (Å²) in [6.07, 6.45) is 3.80. The number of hydrogen-bond donors (Lipinski definition) is 0. The number of hydrogen-bond acceptors (Lipinski definition) is 7. The highest BCUT2D eigenvalue weighted by Gasteiger charge is 2.18. The lowest BCUT2D eigenvalue weighted by Crippen LogP contribution is -2.32. The van der Waals surface area contributed by atoms with Gasteiger partial charge in [0.25, 0.3) is 11.6 Å². The van der Waals surface area contributed by atoms with E-state index < -0.39 is 4.92 Å². The van der Waals surface area contributed by atoms with E-state index in [1.807, 2.05) is 32.3 Å². The van der Waals surface area contributed by atoms with Crippen LogP contribution in [0.15, 0.2) is 48.5 Å². The van der Waals surface area contributed by atoms with Crippen molar-refractivity contribution < 1.29 is 14.5 Å². The summed E-state index contributed by atoms with van der Waals surface area (Å²) in [5.74, 6) is 0.509. The number of non-ortho nitro benzene ring substituents is 1. The summed E-state index contributed by atoms with van der Waals surface area (Å²) in [6.45, 7) is 1.34. The van der Waals surface area contributed by atoms with Crippen LogP contribution in [0.4, 0.5) is 10.8 Å². The molecule has 0 fully saturated rings. The maximum Gasteiger partial charge on any atom is 0.270 e. The molecule has 0 saturated carbocycles. The molecule has 2 aromatic carbocycles. The third-order valence-corrected chi connectivity index (χ3v) is 5.61. The molecule has 3 aromatic rings. The topological polar surface area (TPSA) is 88.8 Å². The molecular weight excluding hydrogens is 416 g/mol. The first-order valence-corrected chi connectivity index (χ1v) is 10.5. The van der Waals surface area contributed by atoms with Crippen molar-refractivity contribution in [1.29, 1.82) is 0 Å². The molecule has 31 heavy (non-hydrogen) atoms. The van der Waals surface area contributed by atoms with Crippen LogP contribution >= 0.6 is 11.3 Å². The Morgan fingerprint density at radius 1 is 1.23 bits per heavy atom. The van der Waals surface area contributed by atoms with Crippen LogP contribution < -0.4 is 9.64 Å². The smallest absolute Gasteiger partial charge is 0.270 e. The minimum atomic E-state index is -0.456. The summed E-state index contributed by atoms with van der Waals surface area (Å²) in [6, 6.07) is 11.8. The van der Waals surface area contributed by atoms with E-state index >= 15 is 0 Å². The van der Waals surface area contributed by atoms with Crippen molar-refractivity contribution in [3.8, 4) is 5.75 Å². The number of benzene rings is 2. The molecule has 0 unspecified atom stereocenters. The van der Waals surface area contributed by atoms with Crippen LogP contribution in [0.2, 0.25) is 0 Å². The molecule has 1 amide bonds. The Balaban J connectivity index is 1.86. The van der Waals surface area contributed by atoms with Crippen LogP contribution in [0, 0.1) is 10.1 Å². The van der Waals surface area contributed by atoms with Gasteiger partial charge in [0, 0.05) is 24.8 Å². The van der Waals surface area contributed by atoms with Crippen molar-refractivity contribution in [3.05, 3.63) is 64.2 Å². The van der Waals surface area contributed by atoms with Gasteiger partial charge in [-0.25, -0.2) is 4.98 Å². The third-order valence-electron chi connectivity index (χ3n) is 4.57. The summed E-state index contributed by atoms with van der Waals surface area (Å²) in [5, 5.41) is 11.6. The first-order valence-electron chi connectivity index (χ1n) is 9.70. The lowest BCUT2D eigenvalue weighted by molar-refractivity contribution is -0.384. The number of nitro groups is 1. The molecule has 0 aliphatic heterocycles. The van der Waals surface area contributed by atoms with Gasteiger partial charge in [-0.3, -0.25) is 19.8 Å². The Kier molecular flexibility index (Phi) is 7.32. The highest BCUT2D eigenvalue weighted by Crippen LogP contribution is 2.31. The van der Waals surface area contributed by atoms with Crippen LogP contribution in [0.25, 0.3) is 16.3 Å². The average molecular weight is 441 g/mol. The van der Waals surface area contributed by atoms with E-state index in [0.717, 1.165) is 28.9 Å². The number of fused-ring (bicyclic) bond motifs is 1. The number of methoxy groups -OCH3 is 1. The van der Waals surface area contributed by atoms with Gasteiger partial charge in [-0.15, -0.1) is 0 Å². The van der Waals surface area contributed by atoms with Crippen molar-refractivity contribution in [2.45, 2.75) is 6.42 Å². The number of nitro benzene ring substituents is 1. The molecule has 0 radical (unpaired) electrons. The summed E-state index contributed by atoms with van der Waals surface area (Å²) >= 11 is 1.43. The lowest BCUT2D eigenvalue weighted by atomic mass is 10.2. The van der Waals surface area contributed by atoms with Gasteiger partial charge in [0.05, 0.1) is 22.2 Å². The molecule has 1 heterocycles. The van der Waals surface area contributed by atoms with Crippen molar-refractivity contribution in [2.24, 2.45) is 0 Å². The van der Waals surface area contributed by atoms with Crippen LogP contribution in [-0.2, 0) is 4.79 Å². The van der Waals surface area contributed by atoms with Crippen molar-refractivity contribution >= 4 is 44.4 Å². The number of carbonyl (C=O) groups is 1. The van der Waals surface area contributed by atoms with Gasteiger partial charge >= 0.3 is 0 Å². The van der Waals surface area contributed by atoms with Crippen LogP contribution in [0.1, 0.15) is 12.0 Å². The van der Waals surface area contributed by atoms with Gasteiger partial charge in [-0.05, 0) is 56.9 Å². The van der Waals surface area contributed by atoms with Gasteiger partial charge in [0.15, 0.2) is 5.13 Å². The zero-order chi connectivity index (χ0) is 22.4. The number of rotatable bonds is 9. The Morgan fingerprint density at radius 3 is 2.74 bits per heavy atom. The maximum atomic E-state index is 13.0. The van der Waals surface area contributed by atoms with Gasteiger partial charge in [-0.1, -0.05) is 23.5 Å². The average Bonchev–Trinajstić information content (AvgIpc) is 3.17. The van der Waals surface area contributed by atoms with E-state index in [4.69, 9.17) is 4.74 Å². The minimum Gasteiger partial charge on any atom is -0.497 e. The molecule has 1 aromatic heterocycles. The number of aromatic nitrogens is 1. The second-order valence-electron chi connectivity index (χ2n) is 7.16. The van der Waals surface area contributed by atoms with Gasteiger partial charge in [-0.2, -0.15) is 0 Å².